The number of nitrogens with one attached hydrogen (secondary N) is 2. The second-order valence-electron chi connectivity index (χ2n) is 7.34. The summed E-state index contributed by atoms with van der Waals surface area (Å²) < 4.78 is 0.478. The van der Waals surface area contributed by atoms with Gasteiger partial charge in [-0.15, -0.1) is 11.3 Å². The lowest BCUT2D eigenvalue weighted by molar-refractivity contribution is 0.0642. The van der Waals surface area contributed by atoms with Crippen LogP contribution in [0.3, 0.4) is 0 Å². The van der Waals surface area contributed by atoms with Crippen molar-refractivity contribution in [2.24, 2.45) is 5.73 Å². The summed E-state index contributed by atoms with van der Waals surface area (Å²) in [4.78, 5) is 50.9. The molecule has 2 aromatic carbocycles. The number of anilines is 1. The summed E-state index contributed by atoms with van der Waals surface area (Å²) >= 11 is 7.02. The molecule has 8 nitrogen and oxygen atoms in total. The summed E-state index contributed by atoms with van der Waals surface area (Å²) in [6.07, 6.45) is 0.606. The predicted molar refractivity (Wildman–Crippen MR) is 126 cm³/mol. The van der Waals surface area contributed by atoms with E-state index in [1.165, 1.54) is 0 Å². The Morgan fingerprint density at radius 2 is 1.70 bits per heavy atom. The molecule has 33 heavy (non-hydrogen) atoms. The molecule has 0 atom stereocenters. The Kier molecular flexibility index (Phi) is 6.43. The molecule has 5 amide bonds. The average Bonchev–Trinajstić information content (AvgIpc) is 3.32. The summed E-state index contributed by atoms with van der Waals surface area (Å²) in [6, 6.07) is 14.8. The highest BCUT2D eigenvalue weighted by atomic mass is 35.5. The van der Waals surface area contributed by atoms with Crippen molar-refractivity contribution in [1.29, 1.82) is 0 Å². The maximum Gasteiger partial charge on any atom is 0.312 e. The van der Waals surface area contributed by atoms with Crippen molar-refractivity contribution in [3.8, 4) is 0 Å². The van der Waals surface area contributed by atoms with E-state index in [1.54, 1.807) is 30.3 Å². The molecule has 0 radical (unpaired) electrons. The minimum absolute atomic E-state index is 0.0973. The number of primary amides is 1. The molecule has 0 bridgehead atoms. The van der Waals surface area contributed by atoms with Gasteiger partial charge in [0.1, 0.15) is 0 Å². The number of urea groups is 1. The number of nitrogens with two attached hydrogens (primary N) is 1. The van der Waals surface area contributed by atoms with Gasteiger partial charge in [-0.2, -0.15) is 0 Å². The molecule has 0 fully saturated rings. The molecule has 1 aromatic heterocycles. The van der Waals surface area contributed by atoms with Gasteiger partial charge in [-0.3, -0.25) is 19.3 Å². The van der Waals surface area contributed by atoms with E-state index in [4.69, 9.17) is 17.3 Å². The van der Waals surface area contributed by atoms with Crippen molar-refractivity contribution in [1.82, 2.24) is 10.2 Å². The molecule has 0 spiro atoms. The van der Waals surface area contributed by atoms with Crippen molar-refractivity contribution < 1.29 is 19.2 Å². The first-order valence-electron chi connectivity index (χ1n) is 10.0. The third-order valence-electron chi connectivity index (χ3n) is 5.12. The topological polar surface area (TPSA) is 122 Å². The summed E-state index contributed by atoms with van der Waals surface area (Å²) in [5.74, 6) is -1.29. The fourth-order valence-corrected chi connectivity index (χ4v) is 4.46. The van der Waals surface area contributed by atoms with Crippen molar-refractivity contribution in [2.75, 3.05) is 11.9 Å². The zero-order chi connectivity index (χ0) is 23.5. The molecule has 168 valence electrons. The van der Waals surface area contributed by atoms with E-state index in [0.29, 0.717) is 22.2 Å². The largest absolute Gasteiger partial charge is 0.352 e. The van der Waals surface area contributed by atoms with Crippen LogP contribution in [0.4, 0.5) is 10.5 Å². The van der Waals surface area contributed by atoms with Crippen molar-refractivity contribution in [3.05, 3.63) is 86.1 Å². The molecule has 10 heteroatoms. The fourth-order valence-electron chi connectivity index (χ4n) is 3.53. The van der Waals surface area contributed by atoms with Gasteiger partial charge in [0.25, 0.3) is 17.7 Å². The van der Waals surface area contributed by atoms with Gasteiger partial charge < -0.3 is 16.4 Å². The summed E-state index contributed by atoms with van der Waals surface area (Å²) in [7, 11) is 0. The summed E-state index contributed by atoms with van der Waals surface area (Å²) in [6.45, 7) is 0.513. The standard InChI is InChI=1S/C23H19ClN4O4S/c24-18-9-8-17(33-18)20(29)27-16-3-1-2-15-19(16)22(31)28(21(15)30)12-14-6-4-13(5-7-14)10-11-26-23(25)32/h1-9H,10-12H2,(H,27,29)(H3,25,26,32). The van der Waals surface area contributed by atoms with Crippen LogP contribution in [0.25, 0.3) is 0 Å². The van der Waals surface area contributed by atoms with Gasteiger partial charge >= 0.3 is 6.03 Å². The number of carbonyl (C=O) groups excluding carboxylic acids is 4. The van der Waals surface area contributed by atoms with Crippen molar-refractivity contribution >= 4 is 52.4 Å². The molecule has 0 saturated heterocycles. The maximum absolute atomic E-state index is 13.1. The Balaban J connectivity index is 1.48. The van der Waals surface area contributed by atoms with E-state index in [9.17, 15) is 19.2 Å². The van der Waals surface area contributed by atoms with Crippen LogP contribution in [0.5, 0.6) is 0 Å². The van der Waals surface area contributed by atoms with E-state index < -0.39 is 23.8 Å². The lowest BCUT2D eigenvalue weighted by Gasteiger charge is -2.14. The Labute approximate surface area is 198 Å². The Morgan fingerprint density at radius 3 is 2.36 bits per heavy atom. The number of fused-ring (bicyclic) bond motifs is 1. The normalized spacial score (nSPS) is 12.6. The Morgan fingerprint density at radius 1 is 0.970 bits per heavy atom. The molecule has 0 unspecified atom stereocenters. The van der Waals surface area contributed by atoms with Crippen LogP contribution >= 0.6 is 22.9 Å². The van der Waals surface area contributed by atoms with Gasteiger partial charge in [-0.1, -0.05) is 41.9 Å². The van der Waals surface area contributed by atoms with E-state index in [1.807, 2.05) is 24.3 Å². The van der Waals surface area contributed by atoms with Crippen LogP contribution in [0.15, 0.2) is 54.6 Å². The lowest BCUT2D eigenvalue weighted by atomic mass is 10.1. The number of carbonyl (C=O) groups is 4. The van der Waals surface area contributed by atoms with E-state index in [2.05, 4.69) is 10.6 Å². The minimum Gasteiger partial charge on any atom is -0.352 e. The van der Waals surface area contributed by atoms with Gasteiger partial charge in [0.05, 0.1) is 32.6 Å². The number of amides is 5. The zero-order valence-corrected chi connectivity index (χ0v) is 18.8. The van der Waals surface area contributed by atoms with Crippen molar-refractivity contribution in [3.63, 3.8) is 0 Å². The van der Waals surface area contributed by atoms with Crippen LogP contribution in [0, 0.1) is 0 Å². The van der Waals surface area contributed by atoms with Gasteiger partial charge in [0.2, 0.25) is 0 Å². The zero-order valence-electron chi connectivity index (χ0n) is 17.3. The summed E-state index contributed by atoms with van der Waals surface area (Å²) in [5.41, 5.74) is 7.51. The fraction of sp³-hybridized carbons (Fsp3) is 0.130. The molecule has 3 aromatic rings. The van der Waals surface area contributed by atoms with Crippen molar-refractivity contribution in [2.45, 2.75) is 13.0 Å². The highest BCUT2D eigenvalue weighted by Crippen LogP contribution is 2.31. The first kappa shape index (κ1) is 22.5. The molecule has 2 heterocycles. The molecule has 0 saturated carbocycles. The van der Waals surface area contributed by atoms with Crippen LogP contribution in [0.2, 0.25) is 4.34 Å². The number of hydrogen-bond donors (Lipinski definition) is 3. The first-order valence-corrected chi connectivity index (χ1v) is 11.2. The highest BCUT2D eigenvalue weighted by molar-refractivity contribution is 7.18. The first-order chi connectivity index (χ1) is 15.8. The smallest absolute Gasteiger partial charge is 0.312 e. The van der Waals surface area contributed by atoms with Gasteiger partial charge in [-0.25, -0.2) is 4.79 Å². The van der Waals surface area contributed by atoms with E-state index in [-0.39, 0.29) is 23.4 Å². The average molecular weight is 483 g/mol. The highest BCUT2D eigenvalue weighted by Gasteiger charge is 2.37. The molecule has 4 rings (SSSR count). The number of benzene rings is 2. The van der Waals surface area contributed by atoms with E-state index >= 15 is 0 Å². The number of hydrogen-bond acceptors (Lipinski definition) is 5. The predicted octanol–water partition coefficient (Wildman–Crippen LogP) is 3.66. The van der Waals surface area contributed by atoms with Crippen LogP contribution < -0.4 is 16.4 Å². The summed E-state index contributed by atoms with van der Waals surface area (Å²) in [5, 5.41) is 5.24. The van der Waals surface area contributed by atoms with Gasteiger partial charge in [0.15, 0.2) is 0 Å². The SMILES string of the molecule is NC(=O)NCCc1ccc(CN2C(=O)c3cccc(NC(=O)c4ccc(Cl)s4)c3C2=O)cc1. The Bertz CT molecular complexity index is 1260. The number of imide groups is 1. The molecular formula is C23H19ClN4O4S. The lowest BCUT2D eigenvalue weighted by Crippen LogP contribution is -2.31. The molecular weight excluding hydrogens is 464 g/mol. The molecule has 1 aliphatic heterocycles. The molecule has 4 N–H and O–H groups in total. The number of nitrogens with zero attached hydrogens (tertiary/aromatic N) is 1. The Hall–Kier alpha value is -3.69. The number of rotatable bonds is 7. The molecule has 1 aliphatic rings. The molecule has 0 aliphatic carbocycles. The third kappa shape index (κ3) is 4.89. The number of halogens is 1. The van der Waals surface area contributed by atoms with E-state index in [0.717, 1.165) is 27.4 Å². The maximum atomic E-state index is 13.1. The van der Waals surface area contributed by atoms with Crippen LogP contribution in [0.1, 0.15) is 41.5 Å². The second-order valence-corrected chi connectivity index (χ2v) is 9.06. The second kappa shape index (κ2) is 9.43. The monoisotopic (exact) mass is 482 g/mol. The quantitative estimate of drug-likeness (QED) is 0.445. The third-order valence-corrected chi connectivity index (χ3v) is 6.35. The van der Waals surface area contributed by atoms with Crippen LogP contribution in [-0.2, 0) is 13.0 Å². The van der Waals surface area contributed by atoms with Crippen LogP contribution in [-0.4, -0.2) is 35.2 Å². The number of thiophene rings is 1. The van der Waals surface area contributed by atoms with Gasteiger partial charge in [-0.05, 0) is 41.8 Å². The van der Waals surface area contributed by atoms with Gasteiger partial charge in [0, 0.05) is 6.54 Å². The minimum atomic E-state index is -0.577.